The monoisotopic (exact) mass is 567 g/mol. The minimum Gasteiger partial charge on any atom is -0.483 e. The van der Waals surface area contributed by atoms with Crippen LogP contribution in [-0.2, 0) is 29.4 Å². The van der Waals surface area contributed by atoms with Gasteiger partial charge in [-0.05, 0) is 34.5 Å². The van der Waals surface area contributed by atoms with Gasteiger partial charge < -0.3 is 19.4 Å². The normalized spacial score (nSPS) is 13.8. The van der Waals surface area contributed by atoms with Crippen LogP contribution in [-0.4, -0.2) is 38.3 Å². The Morgan fingerprint density at radius 3 is 2.17 bits per heavy atom. The fourth-order valence-corrected chi connectivity index (χ4v) is 6.37. The number of ether oxygens (including phenoxy) is 1. The average molecular weight is 568 g/mol. The lowest BCUT2D eigenvalue weighted by Gasteiger charge is -2.31. The lowest BCUT2D eigenvalue weighted by atomic mass is 10.1. The minimum atomic E-state index is -3.62. The summed E-state index contributed by atoms with van der Waals surface area (Å²) in [6, 6.07) is 3.63. The topological polar surface area (TPSA) is 121 Å². The molecule has 1 aromatic heterocycles. The fraction of sp³-hybridized carbons (Fsp3) is 0.591. The molecule has 0 unspecified atom stereocenters. The molecule has 0 radical (unpaired) electrons. The van der Waals surface area contributed by atoms with E-state index in [2.05, 4.69) is 15.2 Å². The highest BCUT2D eigenvalue weighted by Gasteiger charge is 2.32. The van der Waals surface area contributed by atoms with E-state index in [0.717, 1.165) is 0 Å². The van der Waals surface area contributed by atoms with E-state index in [9.17, 15) is 19.1 Å². The van der Waals surface area contributed by atoms with Crippen molar-refractivity contribution in [2.75, 3.05) is 11.8 Å². The van der Waals surface area contributed by atoms with Gasteiger partial charge in [-0.15, -0.1) is 23.2 Å². The summed E-state index contributed by atoms with van der Waals surface area (Å²) in [5.74, 6) is -0.429. The van der Waals surface area contributed by atoms with Gasteiger partial charge in [0, 0.05) is 23.8 Å². The smallest absolute Gasteiger partial charge is 0.434 e. The zero-order valence-electron chi connectivity index (χ0n) is 20.9. The Balaban J connectivity index is 2.12. The van der Waals surface area contributed by atoms with Crippen LogP contribution in [0, 0.1) is 27.8 Å². The van der Waals surface area contributed by atoms with Crippen LogP contribution in [0.3, 0.4) is 0 Å². The van der Waals surface area contributed by atoms with Crippen molar-refractivity contribution in [1.82, 2.24) is 19.7 Å². The molecule has 2 aromatic rings. The third kappa shape index (κ3) is 8.39. The number of hydrogen-bond donors (Lipinski definition) is 2. The van der Waals surface area contributed by atoms with Crippen LogP contribution in [0.25, 0.3) is 0 Å². The molecule has 2 rings (SSSR count). The standard InChI is InChI=1S/C22H33Cl2FN5O5P/c1-14(2)19(9-23)27-36(33,28-20(10-24)15(3)4)35-12-16-6-7-21(18(25)8-16)34-13-17-11-26-22(29(17)5)30(31)32/h6-8,11,14-15,19-20H,9-10,12-13H2,1-5H3,(H2,27,28,33)/t19-,20-/m0/s1. The third-order valence-electron chi connectivity index (χ3n) is 5.62. The molecule has 36 heavy (non-hydrogen) atoms. The highest BCUT2D eigenvalue weighted by Crippen LogP contribution is 2.42. The molecule has 0 aliphatic heterocycles. The van der Waals surface area contributed by atoms with Crippen molar-refractivity contribution in [1.29, 1.82) is 0 Å². The number of aromatic nitrogens is 2. The molecule has 0 aliphatic rings. The zero-order valence-corrected chi connectivity index (χ0v) is 23.3. The first kappa shape index (κ1) is 30.5. The van der Waals surface area contributed by atoms with Crippen molar-refractivity contribution < 1.29 is 23.1 Å². The van der Waals surface area contributed by atoms with E-state index >= 15 is 0 Å². The summed E-state index contributed by atoms with van der Waals surface area (Å²) in [7, 11) is -2.14. The second-order valence-corrected chi connectivity index (χ2v) is 11.5. The summed E-state index contributed by atoms with van der Waals surface area (Å²) in [5, 5.41) is 16.9. The van der Waals surface area contributed by atoms with Crippen LogP contribution < -0.4 is 14.9 Å². The Labute approximate surface area is 220 Å². The first-order chi connectivity index (χ1) is 16.9. The molecule has 2 N–H and O–H groups in total. The minimum absolute atomic E-state index is 0.0499. The van der Waals surface area contributed by atoms with E-state index in [1.165, 1.54) is 29.9 Å². The Kier molecular flexibility index (Phi) is 11.6. The number of alkyl halides is 2. The van der Waals surface area contributed by atoms with Crippen molar-refractivity contribution in [3.63, 3.8) is 0 Å². The van der Waals surface area contributed by atoms with Gasteiger partial charge in [-0.25, -0.2) is 19.1 Å². The molecule has 0 amide bonds. The Morgan fingerprint density at radius 1 is 1.14 bits per heavy atom. The van der Waals surface area contributed by atoms with Gasteiger partial charge in [-0.1, -0.05) is 38.7 Å². The SMILES string of the molecule is CC(C)[C@H](CCl)NP(=O)(N[C@@H](CCl)C(C)C)OCc1ccc(OCc2cnc([N+](=O)[O-])n2C)c(F)c1. The van der Waals surface area contributed by atoms with Crippen molar-refractivity contribution in [3.8, 4) is 5.75 Å². The second kappa shape index (κ2) is 13.7. The Morgan fingerprint density at radius 2 is 1.72 bits per heavy atom. The predicted molar refractivity (Wildman–Crippen MR) is 138 cm³/mol. The van der Waals surface area contributed by atoms with Gasteiger partial charge >= 0.3 is 13.6 Å². The summed E-state index contributed by atoms with van der Waals surface area (Å²) in [6.07, 6.45) is 1.30. The van der Waals surface area contributed by atoms with Crippen molar-refractivity contribution >= 4 is 36.8 Å². The first-order valence-corrected chi connectivity index (χ1v) is 14.1. The molecule has 0 saturated carbocycles. The Hall–Kier alpha value is -1.75. The van der Waals surface area contributed by atoms with E-state index in [4.69, 9.17) is 32.5 Å². The van der Waals surface area contributed by atoms with Crippen LogP contribution in [0.1, 0.15) is 39.0 Å². The van der Waals surface area contributed by atoms with E-state index in [1.54, 1.807) is 6.07 Å². The molecule has 0 bridgehead atoms. The number of rotatable bonds is 15. The zero-order chi connectivity index (χ0) is 27.0. The molecule has 0 saturated heterocycles. The van der Waals surface area contributed by atoms with Gasteiger partial charge in [-0.3, -0.25) is 4.57 Å². The summed E-state index contributed by atoms with van der Waals surface area (Å²) >= 11 is 12.1. The maximum Gasteiger partial charge on any atom is 0.434 e. The maximum atomic E-state index is 14.7. The van der Waals surface area contributed by atoms with Crippen LogP contribution >= 0.6 is 30.9 Å². The van der Waals surface area contributed by atoms with Gasteiger partial charge in [0.25, 0.3) is 0 Å². The van der Waals surface area contributed by atoms with E-state index in [0.29, 0.717) is 11.3 Å². The lowest BCUT2D eigenvalue weighted by Crippen LogP contribution is -2.42. The Bertz CT molecular complexity index is 1050. The third-order valence-corrected chi connectivity index (χ3v) is 8.12. The average Bonchev–Trinajstić information content (AvgIpc) is 3.19. The van der Waals surface area contributed by atoms with Gasteiger partial charge in [0.2, 0.25) is 0 Å². The first-order valence-electron chi connectivity index (χ1n) is 11.4. The fourth-order valence-electron chi connectivity index (χ4n) is 3.08. The summed E-state index contributed by atoms with van der Waals surface area (Å²) < 4.78 is 40.9. The molecule has 0 fully saturated rings. The molecular formula is C22H33Cl2FN5O5P. The van der Waals surface area contributed by atoms with Crippen LogP contribution in [0.5, 0.6) is 5.75 Å². The van der Waals surface area contributed by atoms with Gasteiger partial charge in [0.05, 0.1) is 13.7 Å². The van der Waals surface area contributed by atoms with Crippen molar-refractivity contribution in [2.24, 2.45) is 18.9 Å². The molecule has 0 spiro atoms. The van der Waals surface area contributed by atoms with Crippen LogP contribution in [0.2, 0.25) is 0 Å². The number of halogens is 3. The number of imidazole rings is 1. The van der Waals surface area contributed by atoms with E-state index < -0.39 is 18.4 Å². The summed E-state index contributed by atoms with van der Waals surface area (Å²) in [4.78, 5) is 14.0. The highest BCUT2D eigenvalue weighted by atomic mass is 35.5. The van der Waals surface area contributed by atoms with Crippen molar-refractivity contribution in [3.05, 3.63) is 51.6 Å². The largest absolute Gasteiger partial charge is 0.483 e. The highest BCUT2D eigenvalue weighted by molar-refractivity contribution is 7.54. The molecular weight excluding hydrogens is 535 g/mol. The number of nitro groups is 1. The second-order valence-electron chi connectivity index (χ2n) is 9.01. The molecule has 10 nitrogen and oxygen atoms in total. The quantitative estimate of drug-likeness (QED) is 0.127. The summed E-state index contributed by atoms with van der Waals surface area (Å²) in [6.45, 7) is 7.53. The van der Waals surface area contributed by atoms with Gasteiger partial charge in [0.1, 0.15) is 12.8 Å². The maximum absolute atomic E-state index is 14.7. The molecule has 0 aliphatic carbocycles. The molecule has 14 heteroatoms. The predicted octanol–water partition coefficient (Wildman–Crippen LogP) is 5.38. The number of nitrogens with one attached hydrogen (secondary N) is 2. The lowest BCUT2D eigenvalue weighted by molar-refractivity contribution is -0.396. The number of benzene rings is 1. The number of hydrogen-bond acceptors (Lipinski definition) is 6. The molecule has 1 heterocycles. The van der Waals surface area contributed by atoms with Crippen molar-refractivity contribution in [2.45, 2.75) is 53.0 Å². The molecule has 1 aromatic carbocycles. The van der Waals surface area contributed by atoms with Crippen LogP contribution in [0.4, 0.5) is 10.3 Å². The van der Waals surface area contributed by atoms with Gasteiger partial charge in [-0.2, -0.15) is 0 Å². The summed E-state index contributed by atoms with van der Waals surface area (Å²) in [5.41, 5.74) is 0.836. The van der Waals surface area contributed by atoms with Crippen LogP contribution in [0.15, 0.2) is 24.4 Å². The molecule has 202 valence electrons. The van der Waals surface area contributed by atoms with Gasteiger partial charge in [0.15, 0.2) is 17.3 Å². The van der Waals surface area contributed by atoms with E-state index in [1.807, 2.05) is 27.7 Å². The van der Waals surface area contributed by atoms with E-state index in [-0.39, 0.29) is 60.6 Å². The number of nitrogens with zero attached hydrogens (tertiary/aromatic N) is 3. The molecule has 2 atom stereocenters.